The highest BCUT2D eigenvalue weighted by molar-refractivity contribution is 6.22. The molecule has 0 amide bonds. The number of benzene rings is 7. The van der Waals surface area contributed by atoms with E-state index in [-0.39, 0.29) is 0 Å². The Balaban J connectivity index is 0.955. The Morgan fingerprint density at radius 1 is 0.358 bits per heavy atom. The van der Waals surface area contributed by atoms with Crippen LogP contribution in [0.2, 0.25) is 0 Å². The molecule has 0 aliphatic rings. The molecule has 4 aromatic heterocycles. The van der Waals surface area contributed by atoms with E-state index in [1.807, 2.05) is 30.3 Å². The lowest BCUT2D eigenvalue weighted by Crippen LogP contribution is -1.91. The van der Waals surface area contributed by atoms with E-state index in [4.69, 9.17) is 19.4 Å². The summed E-state index contributed by atoms with van der Waals surface area (Å²) in [7, 11) is 0. The van der Waals surface area contributed by atoms with E-state index in [1.165, 1.54) is 10.8 Å². The van der Waals surface area contributed by atoms with Gasteiger partial charge in [0.25, 0.3) is 0 Å². The minimum Gasteiger partial charge on any atom is -0.454 e. The monoisotopic (exact) mass is 675 g/mol. The molecular weight excluding hydrogens is 647 g/mol. The fourth-order valence-electron chi connectivity index (χ4n) is 7.72. The number of aromatic nitrogens is 3. The van der Waals surface area contributed by atoms with Crippen molar-refractivity contribution in [1.82, 2.24) is 15.0 Å². The third-order valence-electron chi connectivity index (χ3n) is 10.4. The highest BCUT2D eigenvalue weighted by Gasteiger charge is 2.18. The molecule has 0 spiro atoms. The van der Waals surface area contributed by atoms with Crippen molar-refractivity contribution in [2.24, 2.45) is 0 Å². The summed E-state index contributed by atoms with van der Waals surface area (Å²) in [6.45, 7) is 0. The summed E-state index contributed by atoms with van der Waals surface area (Å²) in [5.41, 5.74) is 12.6. The maximum atomic E-state index is 6.53. The van der Waals surface area contributed by atoms with Crippen LogP contribution in [0.25, 0.3) is 110 Å². The third-order valence-corrected chi connectivity index (χ3v) is 10.4. The fourth-order valence-corrected chi connectivity index (χ4v) is 7.72. The molecule has 246 valence electrons. The van der Waals surface area contributed by atoms with Crippen LogP contribution in [0.15, 0.2) is 180 Å². The van der Waals surface area contributed by atoms with E-state index in [0.29, 0.717) is 0 Å². The van der Waals surface area contributed by atoms with Crippen LogP contribution in [0, 0.1) is 0 Å². The summed E-state index contributed by atoms with van der Waals surface area (Å²) < 4.78 is 6.53. The van der Waals surface area contributed by atoms with Crippen molar-refractivity contribution >= 4 is 65.4 Å². The second-order valence-corrected chi connectivity index (χ2v) is 13.6. The maximum absolute atomic E-state index is 6.53. The smallest absolute Gasteiger partial charge is 0.162 e. The molecule has 0 saturated carbocycles. The van der Waals surface area contributed by atoms with Gasteiger partial charge < -0.3 is 4.42 Å². The highest BCUT2D eigenvalue weighted by atomic mass is 16.3. The summed E-state index contributed by atoms with van der Waals surface area (Å²) >= 11 is 0. The molecule has 7 aromatic carbocycles. The van der Waals surface area contributed by atoms with Gasteiger partial charge in [-0.05, 0) is 52.2 Å². The first kappa shape index (κ1) is 29.5. The Morgan fingerprint density at radius 2 is 0.887 bits per heavy atom. The predicted octanol–water partition coefficient (Wildman–Crippen LogP) is 13.1. The predicted molar refractivity (Wildman–Crippen MR) is 219 cm³/mol. The zero-order chi connectivity index (χ0) is 34.9. The average molecular weight is 676 g/mol. The quantitative estimate of drug-likeness (QED) is 0.138. The second kappa shape index (κ2) is 11.7. The molecule has 0 bridgehead atoms. The van der Waals surface area contributed by atoms with Gasteiger partial charge in [-0.3, -0.25) is 0 Å². The van der Waals surface area contributed by atoms with Crippen LogP contribution in [0.4, 0.5) is 0 Å². The van der Waals surface area contributed by atoms with Crippen LogP contribution in [0.1, 0.15) is 0 Å². The Bertz CT molecular complexity index is 3200. The van der Waals surface area contributed by atoms with Gasteiger partial charge in [0.2, 0.25) is 0 Å². The second-order valence-electron chi connectivity index (χ2n) is 13.6. The van der Waals surface area contributed by atoms with Gasteiger partial charge in [0, 0.05) is 43.6 Å². The number of para-hydroxylation sites is 1. The number of hydrogen-bond acceptors (Lipinski definition) is 4. The van der Waals surface area contributed by atoms with Crippen molar-refractivity contribution in [2.75, 3.05) is 0 Å². The molecule has 0 N–H and O–H groups in total. The summed E-state index contributed by atoms with van der Waals surface area (Å²) in [6.07, 6.45) is 0. The van der Waals surface area contributed by atoms with Crippen molar-refractivity contribution in [3.8, 4) is 44.9 Å². The molecular formula is C49H29N3O. The zero-order valence-electron chi connectivity index (χ0n) is 28.5. The minimum absolute atomic E-state index is 0.813. The molecule has 4 nitrogen and oxygen atoms in total. The number of hydrogen-bond donors (Lipinski definition) is 0. The fraction of sp³-hybridized carbons (Fsp3) is 0. The van der Waals surface area contributed by atoms with Gasteiger partial charge in [-0.25, -0.2) is 15.0 Å². The molecule has 0 aliphatic carbocycles. The molecule has 11 rings (SSSR count). The summed E-state index contributed by atoms with van der Waals surface area (Å²) in [6, 6.07) is 61.4. The van der Waals surface area contributed by atoms with Crippen LogP contribution in [-0.2, 0) is 0 Å². The Morgan fingerprint density at radius 3 is 1.57 bits per heavy atom. The molecule has 0 radical (unpaired) electrons. The van der Waals surface area contributed by atoms with E-state index in [1.54, 1.807) is 0 Å². The molecule has 53 heavy (non-hydrogen) atoms. The molecule has 0 aliphatic heterocycles. The number of pyridine rings is 3. The van der Waals surface area contributed by atoms with Gasteiger partial charge in [0.1, 0.15) is 11.3 Å². The lowest BCUT2D eigenvalue weighted by atomic mass is 9.98. The first-order valence-corrected chi connectivity index (χ1v) is 17.8. The molecule has 4 heterocycles. The third kappa shape index (κ3) is 4.88. The Kier molecular flexibility index (Phi) is 6.52. The molecule has 0 saturated heterocycles. The van der Waals surface area contributed by atoms with Crippen LogP contribution in [0.5, 0.6) is 0 Å². The van der Waals surface area contributed by atoms with Crippen LogP contribution in [-0.4, -0.2) is 15.0 Å². The van der Waals surface area contributed by atoms with E-state index >= 15 is 0 Å². The van der Waals surface area contributed by atoms with Gasteiger partial charge in [-0.15, -0.1) is 0 Å². The molecule has 0 unspecified atom stereocenters. The number of nitrogens with zero attached hydrogens (tertiary/aromatic N) is 3. The highest BCUT2D eigenvalue weighted by Crippen LogP contribution is 2.41. The van der Waals surface area contributed by atoms with Gasteiger partial charge in [0.15, 0.2) is 5.58 Å². The summed E-state index contributed by atoms with van der Waals surface area (Å²) in [4.78, 5) is 15.5. The number of furan rings is 1. The van der Waals surface area contributed by atoms with Crippen LogP contribution in [0.3, 0.4) is 0 Å². The molecule has 4 heteroatoms. The number of fused-ring (bicyclic) bond motifs is 9. The summed E-state index contributed by atoms with van der Waals surface area (Å²) in [5.74, 6) is 0. The Labute approximate surface area is 304 Å². The van der Waals surface area contributed by atoms with E-state index in [0.717, 1.165) is 99.5 Å². The average Bonchev–Trinajstić information content (AvgIpc) is 3.63. The molecule has 0 fully saturated rings. The SMILES string of the molecule is c1ccc(-c2ccc3ccc4ccc(-c5ccc(-c6ccc(-c7nc8cc9ccccc9cc8c8c7oc7ccccc78)cc6)cc5)nc4c3n2)cc1. The lowest BCUT2D eigenvalue weighted by Gasteiger charge is -2.10. The Hall–Kier alpha value is -7.17. The first-order valence-electron chi connectivity index (χ1n) is 17.8. The first-order chi connectivity index (χ1) is 26.2. The van der Waals surface area contributed by atoms with Crippen molar-refractivity contribution in [3.63, 3.8) is 0 Å². The van der Waals surface area contributed by atoms with Crippen LogP contribution >= 0.6 is 0 Å². The van der Waals surface area contributed by atoms with E-state index < -0.39 is 0 Å². The van der Waals surface area contributed by atoms with Gasteiger partial charge in [-0.1, -0.05) is 146 Å². The minimum atomic E-state index is 0.813. The topological polar surface area (TPSA) is 51.8 Å². The zero-order valence-corrected chi connectivity index (χ0v) is 28.5. The molecule has 0 atom stereocenters. The van der Waals surface area contributed by atoms with Crippen molar-refractivity contribution in [2.45, 2.75) is 0 Å². The van der Waals surface area contributed by atoms with Crippen molar-refractivity contribution < 1.29 is 4.42 Å². The van der Waals surface area contributed by atoms with Crippen LogP contribution < -0.4 is 0 Å². The number of rotatable bonds is 4. The maximum Gasteiger partial charge on any atom is 0.162 e. The van der Waals surface area contributed by atoms with Gasteiger partial charge in [-0.2, -0.15) is 0 Å². The van der Waals surface area contributed by atoms with Gasteiger partial charge >= 0.3 is 0 Å². The van der Waals surface area contributed by atoms with Crippen molar-refractivity contribution in [1.29, 1.82) is 0 Å². The normalized spacial score (nSPS) is 11.8. The molecule has 11 aromatic rings. The van der Waals surface area contributed by atoms with E-state index in [2.05, 4.69) is 146 Å². The van der Waals surface area contributed by atoms with Crippen molar-refractivity contribution in [3.05, 3.63) is 176 Å². The van der Waals surface area contributed by atoms with Gasteiger partial charge in [0.05, 0.1) is 27.9 Å². The standard InChI is InChI=1S/C49H29N3O/c1-2-8-32(9-3-1)41-26-24-34-22-23-35-25-27-42(51-47(35)46(34)50-41)33-18-14-30(15-19-33)31-16-20-36(21-17-31)48-49-45(39-12-6-7-13-44(39)53-49)40-28-37-10-4-5-11-38(37)29-43(40)52-48/h1-29H. The van der Waals surface area contributed by atoms with E-state index in [9.17, 15) is 0 Å². The summed E-state index contributed by atoms with van der Waals surface area (Å²) in [5, 5.41) is 7.82. The largest absolute Gasteiger partial charge is 0.454 e. The lowest BCUT2D eigenvalue weighted by molar-refractivity contribution is 0.669.